The summed E-state index contributed by atoms with van der Waals surface area (Å²) >= 11 is 0. The van der Waals surface area contributed by atoms with Crippen molar-refractivity contribution >= 4 is 11.8 Å². The summed E-state index contributed by atoms with van der Waals surface area (Å²) in [4.78, 5) is 13.8. The molecule has 0 saturated carbocycles. The fourth-order valence-electron chi connectivity index (χ4n) is 3.45. The van der Waals surface area contributed by atoms with Gasteiger partial charge in [-0.1, -0.05) is 24.3 Å². The molecule has 0 radical (unpaired) electrons. The highest BCUT2D eigenvalue weighted by Crippen LogP contribution is 2.23. The molecule has 0 bridgehead atoms. The molecule has 0 amide bonds. The second-order valence-electron chi connectivity index (χ2n) is 6.56. The fraction of sp³-hybridized carbons (Fsp3) is 0.474. The largest absolute Gasteiger partial charge is 0.379 e. The molecular weight excluding hydrogens is 314 g/mol. The second kappa shape index (κ2) is 7.80. The zero-order valence-corrected chi connectivity index (χ0v) is 14.5. The first kappa shape index (κ1) is 16.3. The van der Waals surface area contributed by atoms with Gasteiger partial charge in [0.25, 0.3) is 0 Å². The molecule has 1 fully saturated rings. The van der Waals surface area contributed by atoms with Gasteiger partial charge < -0.3 is 15.0 Å². The number of nitrogens with zero attached hydrogens (tertiary/aromatic N) is 4. The number of rotatable bonds is 5. The van der Waals surface area contributed by atoms with Gasteiger partial charge in [0, 0.05) is 45.5 Å². The van der Waals surface area contributed by atoms with Crippen LogP contribution in [0.4, 0.5) is 11.8 Å². The number of ether oxygens (including phenoxy) is 1. The smallest absolute Gasteiger partial charge is 0.224 e. The Morgan fingerprint density at radius 3 is 2.76 bits per heavy atom. The first-order valence-electron chi connectivity index (χ1n) is 9.07. The van der Waals surface area contributed by atoms with Crippen LogP contribution in [0.1, 0.15) is 11.1 Å². The van der Waals surface area contributed by atoms with Crippen molar-refractivity contribution in [3.8, 4) is 0 Å². The standard InChI is InChI=1S/C19H25N5O/c1-2-4-17-15-24(9-6-16(17)3-1)18-5-7-20-19(22-18)21-8-10-23-11-13-25-14-12-23/h1-5,7H,6,8-15H2,(H,20,21,22). The maximum absolute atomic E-state index is 5.38. The van der Waals surface area contributed by atoms with E-state index in [0.29, 0.717) is 5.95 Å². The molecule has 3 heterocycles. The van der Waals surface area contributed by atoms with Crippen LogP contribution < -0.4 is 10.2 Å². The molecule has 6 heteroatoms. The lowest BCUT2D eigenvalue weighted by Crippen LogP contribution is -2.39. The third kappa shape index (κ3) is 4.08. The van der Waals surface area contributed by atoms with Crippen molar-refractivity contribution in [3.63, 3.8) is 0 Å². The van der Waals surface area contributed by atoms with Crippen molar-refractivity contribution < 1.29 is 4.74 Å². The lowest BCUT2D eigenvalue weighted by atomic mass is 10.00. The van der Waals surface area contributed by atoms with E-state index >= 15 is 0 Å². The van der Waals surface area contributed by atoms with Crippen LogP contribution in [0, 0.1) is 0 Å². The van der Waals surface area contributed by atoms with Gasteiger partial charge in [0.15, 0.2) is 0 Å². The number of morpholine rings is 1. The van der Waals surface area contributed by atoms with Crippen LogP contribution in [0.5, 0.6) is 0 Å². The zero-order valence-electron chi connectivity index (χ0n) is 14.5. The highest BCUT2D eigenvalue weighted by molar-refractivity contribution is 5.46. The van der Waals surface area contributed by atoms with Gasteiger partial charge in [-0.25, -0.2) is 4.98 Å². The number of aromatic nitrogens is 2. The van der Waals surface area contributed by atoms with E-state index in [9.17, 15) is 0 Å². The minimum absolute atomic E-state index is 0.713. The predicted molar refractivity (Wildman–Crippen MR) is 99.0 cm³/mol. The van der Waals surface area contributed by atoms with Crippen molar-refractivity contribution in [3.05, 3.63) is 47.7 Å². The lowest BCUT2D eigenvalue weighted by molar-refractivity contribution is 0.0398. The average Bonchev–Trinajstić information content (AvgIpc) is 2.69. The molecule has 25 heavy (non-hydrogen) atoms. The van der Waals surface area contributed by atoms with Crippen molar-refractivity contribution in [2.75, 3.05) is 56.2 Å². The molecule has 1 saturated heterocycles. The molecule has 0 unspecified atom stereocenters. The monoisotopic (exact) mass is 339 g/mol. The topological polar surface area (TPSA) is 53.5 Å². The van der Waals surface area contributed by atoms with Crippen LogP contribution in [0.25, 0.3) is 0 Å². The van der Waals surface area contributed by atoms with Crippen molar-refractivity contribution in [2.45, 2.75) is 13.0 Å². The molecule has 0 spiro atoms. The summed E-state index contributed by atoms with van der Waals surface area (Å²) in [5.41, 5.74) is 2.85. The van der Waals surface area contributed by atoms with E-state index in [2.05, 4.69) is 44.4 Å². The third-order valence-corrected chi connectivity index (χ3v) is 4.91. The summed E-state index contributed by atoms with van der Waals surface area (Å²) in [7, 11) is 0. The fourth-order valence-corrected chi connectivity index (χ4v) is 3.45. The van der Waals surface area contributed by atoms with Crippen LogP contribution in [0.15, 0.2) is 36.5 Å². The number of benzene rings is 1. The summed E-state index contributed by atoms with van der Waals surface area (Å²) in [6.45, 7) is 7.46. The Hall–Kier alpha value is -2.18. The van der Waals surface area contributed by atoms with Gasteiger partial charge in [0.05, 0.1) is 13.2 Å². The van der Waals surface area contributed by atoms with Gasteiger partial charge in [-0.2, -0.15) is 4.98 Å². The highest BCUT2D eigenvalue weighted by Gasteiger charge is 2.17. The van der Waals surface area contributed by atoms with E-state index in [1.54, 1.807) is 0 Å². The second-order valence-corrected chi connectivity index (χ2v) is 6.56. The van der Waals surface area contributed by atoms with Crippen LogP contribution in [0.2, 0.25) is 0 Å². The Balaban J connectivity index is 1.35. The van der Waals surface area contributed by atoms with Gasteiger partial charge in [0.2, 0.25) is 5.95 Å². The summed E-state index contributed by atoms with van der Waals surface area (Å²) in [5, 5.41) is 3.36. The molecule has 132 valence electrons. The van der Waals surface area contributed by atoms with Gasteiger partial charge in [-0.05, 0) is 23.6 Å². The average molecular weight is 339 g/mol. The molecule has 1 aromatic heterocycles. The van der Waals surface area contributed by atoms with Crippen LogP contribution in [0.3, 0.4) is 0 Å². The maximum Gasteiger partial charge on any atom is 0.224 e. The molecule has 2 aliphatic rings. The van der Waals surface area contributed by atoms with Gasteiger partial charge >= 0.3 is 0 Å². The van der Waals surface area contributed by atoms with E-state index in [1.165, 1.54) is 11.1 Å². The molecule has 1 N–H and O–H groups in total. The molecule has 2 aliphatic heterocycles. The number of hydrogen-bond acceptors (Lipinski definition) is 6. The Morgan fingerprint density at radius 2 is 1.88 bits per heavy atom. The molecular formula is C19H25N5O. The lowest BCUT2D eigenvalue weighted by Gasteiger charge is -2.30. The zero-order chi connectivity index (χ0) is 16.9. The third-order valence-electron chi connectivity index (χ3n) is 4.91. The quantitative estimate of drug-likeness (QED) is 0.896. The van der Waals surface area contributed by atoms with Crippen LogP contribution in [-0.2, 0) is 17.7 Å². The molecule has 1 aromatic carbocycles. The number of hydrogen-bond donors (Lipinski definition) is 1. The number of fused-ring (bicyclic) bond motifs is 1. The van der Waals surface area contributed by atoms with E-state index in [-0.39, 0.29) is 0 Å². The molecule has 4 rings (SSSR count). The normalized spacial score (nSPS) is 18.0. The Morgan fingerprint density at radius 1 is 1.04 bits per heavy atom. The van der Waals surface area contributed by atoms with Crippen LogP contribution in [-0.4, -0.2) is 60.8 Å². The number of nitrogens with one attached hydrogen (secondary N) is 1. The first-order chi connectivity index (χ1) is 12.4. The van der Waals surface area contributed by atoms with Crippen molar-refractivity contribution in [2.24, 2.45) is 0 Å². The molecule has 6 nitrogen and oxygen atoms in total. The maximum atomic E-state index is 5.38. The predicted octanol–water partition coefficient (Wildman–Crippen LogP) is 1.78. The Bertz CT molecular complexity index is 702. The molecule has 0 atom stereocenters. The van der Waals surface area contributed by atoms with Crippen molar-refractivity contribution in [1.29, 1.82) is 0 Å². The Kier molecular flexibility index (Phi) is 5.09. The Labute approximate surface area is 148 Å². The van der Waals surface area contributed by atoms with Gasteiger partial charge in [-0.3, -0.25) is 4.90 Å². The summed E-state index contributed by atoms with van der Waals surface area (Å²) in [5.74, 6) is 1.71. The van der Waals surface area contributed by atoms with E-state index in [4.69, 9.17) is 9.72 Å². The van der Waals surface area contributed by atoms with Gasteiger partial charge in [0.1, 0.15) is 5.82 Å². The summed E-state index contributed by atoms with van der Waals surface area (Å²) in [6, 6.07) is 10.7. The van der Waals surface area contributed by atoms with Gasteiger partial charge in [-0.15, -0.1) is 0 Å². The van der Waals surface area contributed by atoms with E-state index < -0.39 is 0 Å². The van der Waals surface area contributed by atoms with E-state index in [0.717, 1.165) is 64.7 Å². The summed E-state index contributed by atoms with van der Waals surface area (Å²) in [6.07, 6.45) is 2.92. The molecule has 0 aliphatic carbocycles. The minimum Gasteiger partial charge on any atom is -0.379 e. The minimum atomic E-state index is 0.713. The highest BCUT2D eigenvalue weighted by atomic mass is 16.5. The van der Waals surface area contributed by atoms with E-state index in [1.807, 2.05) is 12.3 Å². The molecule has 2 aromatic rings. The number of anilines is 2. The summed E-state index contributed by atoms with van der Waals surface area (Å²) < 4.78 is 5.38. The SMILES string of the molecule is c1ccc2c(c1)CCN(c1ccnc(NCCN3CCOCC3)n1)C2. The first-order valence-corrected chi connectivity index (χ1v) is 9.07. The van der Waals surface area contributed by atoms with Crippen LogP contribution >= 0.6 is 0 Å². The van der Waals surface area contributed by atoms with Crippen molar-refractivity contribution in [1.82, 2.24) is 14.9 Å².